The molecule has 0 unspecified atom stereocenters. The van der Waals surface area contributed by atoms with E-state index >= 15 is 0 Å². The van der Waals surface area contributed by atoms with E-state index in [2.05, 4.69) is 15.0 Å². The highest BCUT2D eigenvalue weighted by atomic mass is 16.5. The van der Waals surface area contributed by atoms with Crippen LogP contribution in [0.25, 0.3) is 0 Å². The van der Waals surface area contributed by atoms with Crippen LogP contribution in [0, 0.1) is 0 Å². The summed E-state index contributed by atoms with van der Waals surface area (Å²) in [6.07, 6.45) is 1.61. The van der Waals surface area contributed by atoms with Crippen molar-refractivity contribution in [2.45, 2.75) is 6.54 Å². The van der Waals surface area contributed by atoms with E-state index in [1.165, 1.54) is 7.11 Å². The Kier molecular flexibility index (Phi) is 4.73. The van der Waals surface area contributed by atoms with Crippen LogP contribution in [-0.4, -0.2) is 36.3 Å². The normalized spacial score (nSPS) is 10.0. The van der Waals surface area contributed by atoms with E-state index in [9.17, 15) is 4.79 Å². The lowest BCUT2D eigenvalue weighted by molar-refractivity contribution is 0.0594. The largest absolute Gasteiger partial charge is 0.464 e. The first-order valence-electron chi connectivity index (χ1n) is 4.62. The summed E-state index contributed by atoms with van der Waals surface area (Å²) in [4.78, 5) is 15.0. The Hall–Kier alpha value is -1.46. The molecule has 1 heterocycles. The third-order valence-electron chi connectivity index (χ3n) is 1.84. The first kappa shape index (κ1) is 11.6. The summed E-state index contributed by atoms with van der Waals surface area (Å²) >= 11 is 0. The van der Waals surface area contributed by atoms with Crippen LogP contribution < -0.4 is 5.32 Å². The van der Waals surface area contributed by atoms with Crippen LogP contribution in [0.1, 0.15) is 16.1 Å². The van der Waals surface area contributed by atoms with Gasteiger partial charge in [-0.3, -0.25) is 0 Å². The van der Waals surface area contributed by atoms with E-state index in [1.807, 2.05) is 0 Å². The minimum Gasteiger partial charge on any atom is -0.464 e. The Labute approximate surface area is 88.1 Å². The highest BCUT2D eigenvalue weighted by Crippen LogP contribution is 2.01. The van der Waals surface area contributed by atoms with Crippen LogP contribution in [-0.2, 0) is 11.3 Å². The van der Waals surface area contributed by atoms with Gasteiger partial charge in [-0.25, -0.2) is 9.78 Å². The number of carbonyl (C=O) groups excluding carboxylic acids is 1. The van der Waals surface area contributed by atoms with Crippen LogP contribution in [0.4, 0.5) is 0 Å². The molecular weight excluding hydrogens is 196 g/mol. The van der Waals surface area contributed by atoms with Crippen molar-refractivity contribution in [1.29, 1.82) is 0 Å². The fourth-order valence-corrected chi connectivity index (χ4v) is 1.07. The van der Waals surface area contributed by atoms with Crippen LogP contribution in [0.15, 0.2) is 18.3 Å². The summed E-state index contributed by atoms with van der Waals surface area (Å²) in [6.45, 7) is 1.27. The minimum atomic E-state index is -0.440. The molecule has 0 spiro atoms. The number of pyridine rings is 1. The molecule has 15 heavy (non-hydrogen) atoms. The van der Waals surface area contributed by atoms with Gasteiger partial charge in [-0.05, 0) is 11.6 Å². The quantitative estimate of drug-likeness (QED) is 0.526. The SMILES string of the molecule is COC(=O)c1ccc(CNCCO)cn1. The zero-order valence-electron chi connectivity index (χ0n) is 8.56. The smallest absolute Gasteiger partial charge is 0.356 e. The van der Waals surface area contributed by atoms with Gasteiger partial charge in [-0.15, -0.1) is 0 Å². The number of nitrogens with one attached hydrogen (secondary N) is 1. The number of methoxy groups -OCH3 is 1. The maximum Gasteiger partial charge on any atom is 0.356 e. The summed E-state index contributed by atoms with van der Waals surface area (Å²) in [6, 6.07) is 3.41. The molecule has 2 N–H and O–H groups in total. The molecule has 0 saturated heterocycles. The van der Waals surface area contributed by atoms with Gasteiger partial charge >= 0.3 is 5.97 Å². The first-order valence-corrected chi connectivity index (χ1v) is 4.62. The molecule has 0 bridgehead atoms. The van der Waals surface area contributed by atoms with Gasteiger partial charge in [0, 0.05) is 19.3 Å². The van der Waals surface area contributed by atoms with Gasteiger partial charge < -0.3 is 15.2 Å². The predicted molar refractivity (Wildman–Crippen MR) is 54.4 cm³/mol. The van der Waals surface area contributed by atoms with E-state index in [-0.39, 0.29) is 6.61 Å². The van der Waals surface area contributed by atoms with Crippen molar-refractivity contribution >= 4 is 5.97 Å². The number of hydrogen-bond donors (Lipinski definition) is 2. The fourth-order valence-electron chi connectivity index (χ4n) is 1.07. The van der Waals surface area contributed by atoms with Crippen LogP contribution in [0.2, 0.25) is 0 Å². The average molecular weight is 210 g/mol. The fraction of sp³-hybridized carbons (Fsp3) is 0.400. The van der Waals surface area contributed by atoms with Crippen molar-refractivity contribution in [3.8, 4) is 0 Å². The van der Waals surface area contributed by atoms with Crippen LogP contribution in [0.3, 0.4) is 0 Å². The van der Waals surface area contributed by atoms with E-state index in [0.717, 1.165) is 5.56 Å². The number of aromatic nitrogens is 1. The van der Waals surface area contributed by atoms with E-state index in [0.29, 0.717) is 18.8 Å². The van der Waals surface area contributed by atoms with Gasteiger partial charge in [0.1, 0.15) is 5.69 Å². The molecule has 0 aromatic carbocycles. The van der Waals surface area contributed by atoms with Crippen molar-refractivity contribution in [2.24, 2.45) is 0 Å². The number of ether oxygens (including phenoxy) is 1. The first-order chi connectivity index (χ1) is 7.27. The second-order valence-electron chi connectivity index (χ2n) is 2.94. The Morgan fingerprint density at radius 1 is 1.60 bits per heavy atom. The third-order valence-corrected chi connectivity index (χ3v) is 1.84. The summed E-state index contributed by atoms with van der Waals surface area (Å²) < 4.78 is 4.52. The number of nitrogens with zero attached hydrogens (tertiary/aromatic N) is 1. The highest BCUT2D eigenvalue weighted by Gasteiger charge is 2.05. The van der Waals surface area contributed by atoms with Gasteiger partial charge in [0.25, 0.3) is 0 Å². The van der Waals surface area contributed by atoms with Crippen molar-refractivity contribution in [3.63, 3.8) is 0 Å². The van der Waals surface area contributed by atoms with Crippen molar-refractivity contribution < 1.29 is 14.6 Å². The average Bonchev–Trinajstić information content (AvgIpc) is 2.29. The second-order valence-corrected chi connectivity index (χ2v) is 2.94. The molecule has 0 aliphatic carbocycles. The number of aliphatic hydroxyl groups is 1. The van der Waals surface area contributed by atoms with Crippen LogP contribution >= 0.6 is 0 Å². The van der Waals surface area contributed by atoms with Crippen molar-refractivity contribution in [1.82, 2.24) is 10.3 Å². The molecule has 5 nitrogen and oxygen atoms in total. The Balaban J connectivity index is 2.52. The molecule has 0 fully saturated rings. The molecular formula is C10H14N2O3. The standard InChI is InChI=1S/C10H14N2O3/c1-15-10(14)9-3-2-8(7-12-9)6-11-4-5-13/h2-3,7,11,13H,4-6H2,1H3. The lowest BCUT2D eigenvalue weighted by Crippen LogP contribution is -2.17. The molecule has 5 heteroatoms. The molecule has 0 aliphatic heterocycles. The monoisotopic (exact) mass is 210 g/mol. The van der Waals surface area contributed by atoms with Gasteiger partial charge in [0.2, 0.25) is 0 Å². The summed E-state index contributed by atoms with van der Waals surface area (Å²) in [7, 11) is 1.32. The summed E-state index contributed by atoms with van der Waals surface area (Å²) in [5, 5.41) is 11.6. The number of carbonyl (C=O) groups is 1. The second kappa shape index (κ2) is 6.10. The number of esters is 1. The van der Waals surface area contributed by atoms with E-state index in [4.69, 9.17) is 5.11 Å². The maximum atomic E-state index is 11.1. The lowest BCUT2D eigenvalue weighted by Gasteiger charge is -2.03. The Morgan fingerprint density at radius 3 is 2.93 bits per heavy atom. The third kappa shape index (κ3) is 3.65. The number of hydrogen-bond acceptors (Lipinski definition) is 5. The molecule has 1 aromatic heterocycles. The van der Waals surface area contributed by atoms with Gasteiger partial charge in [-0.2, -0.15) is 0 Å². The molecule has 0 atom stereocenters. The molecule has 0 saturated carbocycles. The van der Waals surface area contributed by atoms with Gasteiger partial charge in [0.15, 0.2) is 0 Å². The zero-order valence-corrected chi connectivity index (χ0v) is 8.56. The molecule has 0 radical (unpaired) electrons. The molecule has 0 amide bonds. The van der Waals surface area contributed by atoms with Gasteiger partial charge in [-0.1, -0.05) is 6.07 Å². The Morgan fingerprint density at radius 2 is 2.40 bits per heavy atom. The number of aliphatic hydroxyl groups excluding tert-OH is 1. The minimum absolute atomic E-state index is 0.105. The highest BCUT2D eigenvalue weighted by molar-refractivity contribution is 5.86. The summed E-state index contributed by atoms with van der Waals surface area (Å²) in [5.41, 5.74) is 1.25. The topological polar surface area (TPSA) is 71.5 Å². The van der Waals surface area contributed by atoms with E-state index < -0.39 is 5.97 Å². The maximum absolute atomic E-state index is 11.1. The Bertz CT molecular complexity index is 311. The summed E-state index contributed by atoms with van der Waals surface area (Å²) in [5.74, 6) is -0.440. The van der Waals surface area contributed by atoms with Crippen LogP contribution in [0.5, 0.6) is 0 Å². The van der Waals surface area contributed by atoms with Crippen molar-refractivity contribution in [3.05, 3.63) is 29.6 Å². The van der Waals surface area contributed by atoms with Gasteiger partial charge in [0.05, 0.1) is 13.7 Å². The predicted octanol–water partition coefficient (Wildman–Crippen LogP) is -0.0499. The lowest BCUT2D eigenvalue weighted by atomic mass is 10.2. The van der Waals surface area contributed by atoms with E-state index in [1.54, 1.807) is 18.3 Å². The number of rotatable bonds is 5. The molecule has 1 aromatic rings. The van der Waals surface area contributed by atoms with Crippen molar-refractivity contribution in [2.75, 3.05) is 20.3 Å². The molecule has 1 rings (SSSR count). The molecule has 82 valence electrons. The molecule has 0 aliphatic rings. The zero-order chi connectivity index (χ0) is 11.1.